The number of nitrogens with one attached hydrogen (secondary N) is 1. The van der Waals surface area contributed by atoms with Crippen molar-refractivity contribution in [2.24, 2.45) is 11.3 Å². The Kier molecular flexibility index (Phi) is 6.98. The number of hydrogen-bond acceptors (Lipinski definition) is 2. The Balaban J connectivity index is 2.59. The number of nitrogens with zero attached hydrogens (tertiary/aromatic N) is 1. The second-order valence-corrected chi connectivity index (χ2v) is 7.34. The Hall–Kier alpha value is -0.290. The molecule has 1 rings (SSSR count). The number of halogens is 3. The van der Waals surface area contributed by atoms with E-state index < -0.39 is 12.7 Å². The summed E-state index contributed by atoms with van der Waals surface area (Å²) in [6.07, 6.45) is -0.306. The van der Waals surface area contributed by atoms with Crippen LogP contribution in [-0.4, -0.2) is 43.3 Å². The molecule has 1 atom stereocenters. The molecule has 1 unspecified atom stereocenters. The zero-order valence-electron chi connectivity index (χ0n) is 13.9. The molecule has 1 aliphatic carbocycles. The van der Waals surface area contributed by atoms with Crippen LogP contribution < -0.4 is 5.32 Å². The molecule has 1 saturated carbocycles. The van der Waals surface area contributed by atoms with Crippen LogP contribution in [0.3, 0.4) is 0 Å². The van der Waals surface area contributed by atoms with Gasteiger partial charge in [0.15, 0.2) is 0 Å². The quantitative estimate of drug-likeness (QED) is 0.654. The first kappa shape index (κ1) is 18.8. The maximum Gasteiger partial charge on any atom is 0.401 e. The van der Waals surface area contributed by atoms with Crippen molar-refractivity contribution in [3.8, 4) is 0 Å². The third kappa shape index (κ3) is 8.05. The van der Waals surface area contributed by atoms with Crippen LogP contribution in [0.25, 0.3) is 0 Å². The zero-order valence-corrected chi connectivity index (χ0v) is 13.9. The minimum atomic E-state index is -4.10. The molecule has 0 bridgehead atoms. The molecule has 5 heteroatoms. The summed E-state index contributed by atoms with van der Waals surface area (Å²) in [7, 11) is 0. The van der Waals surface area contributed by atoms with Crippen molar-refractivity contribution in [2.45, 2.75) is 65.6 Å². The van der Waals surface area contributed by atoms with E-state index in [-0.39, 0.29) is 11.5 Å². The van der Waals surface area contributed by atoms with E-state index in [1.165, 1.54) is 0 Å². The van der Waals surface area contributed by atoms with Gasteiger partial charge in [0.25, 0.3) is 0 Å². The van der Waals surface area contributed by atoms with Crippen LogP contribution in [0, 0.1) is 11.3 Å². The number of alkyl halides is 3. The molecule has 0 radical (unpaired) electrons. The summed E-state index contributed by atoms with van der Waals surface area (Å²) >= 11 is 0. The topological polar surface area (TPSA) is 15.3 Å². The Morgan fingerprint density at radius 1 is 1.19 bits per heavy atom. The predicted molar refractivity (Wildman–Crippen MR) is 81.4 cm³/mol. The Morgan fingerprint density at radius 3 is 2.24 bits per heavy atom. The van der Waals surface area contributed by atoms with E-state index in [0.717, 1.165) is 38.8 Å². The maximum absolute atomic E-state index is 12.8. The van der Waals surface area contributed by atoms with Crippen LogP contribution in [0.1, 0.15) is 53.4 Å². The van der Waals surface area contributed by atoms with E-state index in [2.05, 4.69) is 33.0 Å². The molecular weight excluding hydrogens is 277 g/mol. The first-order valence-electron chi connectivity index (χ1n) is 8.17. The van der Waals surface area contributed by atoms with E-state index in [1.54, 1.807) is 4.90 Å². The summed E-state index contributed by atoms with van der Waals surface area (Å²) in [6, 6.07) is 0.146. The average molecular weight is 308 g/mol. The fraction of sp³-hybridized carbons (Fsp3) is 1.00. The second kappa shape index (κ2) is 7.82. The molecule has 0 aromatic heterocycles. The summed E-state index contributed by atoms with van der Waals surface area (Å²) in [4.78, 5) is 1.66. The highest BCUT2D eigenvalue weighted by atomic mass is 19.4. The lowest BCUT2D eigenvalue weighted by Gasteiger charge is -2.36. The highest BCUT2D eigenvalue weighted by Gasteiger charge is 2.40. The zero-order chi connectivity index (χ0) is 16.1. The van der Waals surface area contributed by atoms with E-state index in [1.807, 2.05) is 0 Å². The van der Waals surface area contributed by atoms with Gasteiger partial charge in [-0.1, -0.05) is 34.1 Å². The Labute approximate surface area is 127 Å². The summed E-state index contributed by atoms with van der Waals surface area (Å²) in [6.45, 7) is 10.00. The van der Waals surface area contributed by atoms with Gasteiger partial charge in [-0.05, 0) is 37.1 Å². The molecule has 126 valence electrons. The molecule has 0 spiro atoms. The second-order valence-electron chi connectivity index (χ2n) is 7.34. The van der Waals surface area contributed by atoms with Gasteiger partial charge in [0.2, 0.25) is 0 Å². The average Bonchev–Trinajstić information content (AvgIpc) is 3.09. The third-order valence-corrected chi connectivity index (χ3v) is 3.99. The molecule has 0 aliphatic heterocycles. The SMILES string of the molecule is CCCC(C)(CNCC(C)C)CN(CC(F)(F)F)C1CC1. The Bertz CT molecular complexity index is 300. The third-order valence-electron chi connectivity index (χ3n) is 3.99. The van der Waals surface area contributed by atoms with E-state index in [9.17, 15) is 13.2 Å². The van der Waals surface area contributed by atoms with Gasteiger partial charge < -0.3 is 5.32 Å². The van der Waals surface area contributed by atoms with Crippen molar-refractivity contribution >= 4 is 0 Å². The van der Waals surface area contributed by atoms with Gasteiger partial charge in [-0.3, -0.25) is 4.90 Å². The van der Waals surface area contributed by atoms with Crippen LogP contribution in [0.5, 0.6) is 0 Å². The lowest BCUT2D eigenvalue weighted by Crippen LogP contribution is -2.46. The highest BCUT2D eigenvalue weighted by Crippen LogP contribution is 2.34. The molecule has 1 N–H and O–H groups in total. The first-order chi connectivity index (χ1) is 9.65. The van der Waals surface area contributed by atoms with Crippen molar-refractivity contribution in [2.75, 3.05) is 26.2 Å². The molecular formula is C16H31F3N2. The van der Waals surface area contributed by atoms with Crippen molar-refractivity contribution in [1.29, 1.82) is 0 Å². The van der Waals surface area contributed by atoms with Crippen molar-refractivity contribution < 1.29 is 13.2 Å². The van der Waals surface area contributed by atoms with Gasteiger partial charge in [0.05, 0.1) is 6.54 Å². The Morgan fingerprint density at radius 2 is 1.81 bits per heavy atom. The first-order valence-corrected chi connectivity index (χ1v) is 8.17. The van der Waals surface area contributed by atoms with Crippen molar-refractivity contribution in [3.05, 3.63) is 0 Å². The molecule has 1 aliphatic rings. The van der Waals surface area contributed by atoms with E-state index in [0.29, 0.717) is 12.5 Å². The standard InChI is InChI=1S/C16H31F3N2/c1-5-8-15(4,10-20-9-13(2)3)11-21(14-6-7-14)12-16(17,18)19/h13-14,20H,5-12H2,1-4H3. The fourth-order valence-electron chi connectivity index (χ4n) is 2.96. The lowest BCUT2D eigenvalue weighted by atomic mass is 9.84. The highest BCUT2D eigenvalue weighted by molar-refractivity contribution is 4.90. The van der Waals surface area contributed by atoms with Gasteiger partial charge in [-0.25, -0.2) is 0 Å². The number of rotatable bonds is 10. The maximum atomic E-state index is 12.8. The van der Waals surface area contributed by atoms with Crippen LogP contribution in [0.4, 0.5) is 13.2 Å². The molecule has 0 amide bonds. The lowest BCUT2D eigenvalue weighted by molar-refractivity contribution is -0.150. The number of hydrogen-bond donors (Lipinski definition) is 1. The van der Waals surface area contributed by atoms with Crippen LogP contribution >= 0.6 is 0 Å². The fourth-order valence-corrected chi connectivity index (χ4v) is 2.96. The summed E-state index contributed by atoms with van der Waals surface area (Å²) in [5, 5.41) is 3.43. The smallest absolute Gasteiger partial charge is 0.316 e. The van der Waals surface area contributed by atoms with E-state index >= 15 is 0 Å². The normalized spacial score (nSPS) is 19.3. The monoisotopic (exact) mass is 308 g/mol. The molecule has 0 saturated heterocycles. The minimum Gasteiger partial charge on any atom is -0.316 e. The van der Waals surface area contributed by atoms with Crippen LogP contribution in [-0.2, 0) is 0 Å². The molecule has 0 aromatic rings. The van der Waals surface area contributed by atoms with Gasteiger partial charge in [0.1, 0.15) is 0 Å². The van der Waals surface area contributed by atoms with Gasteiger partial charge in [-0.15, -0.1) is 0 Å². The van der Waals surface area contributed by atoms with Crippen molar-refractivity contribution in [1.82, 2.24) is 10.2 Å². The summed E-state index contributed by atoms with van der Waals surface area (Å²) in [5.74, 6) is 0.561. The van der Waals surface area contributed by atoms with Gasteiger partial charge >= 0.3 is 6.18 Å². The van der Waals surface area contributed by atoms with Gasteiger partial charge in [0, 0.05) is 19.1 Å². The largest absolute Gasteiger partial charge is 0.401 e. The van der Waals surface area contributed by atoms with Crippen molar-refractivity contribution in [3.63, 3.8) is 0 Å². The minimum absolute atomic E-state index is 0.0858. The van der Waals surface area contributed by atoms with Crippen LogP contribution in [0.2, 0.25) is 0 Å². The van der Waals surface area contributed by atoms with Gasteiger partial charge in [-0.2, -0.15) is 13.2 Å². The summed E-state index contributed by atoms with van der Waals surface area (Å²) in [5.41, 5.74) is -0.0858. The summed E-state index contributed by atoms with van der Waals surface area (Å²) < 4.78 is 38.3. The van der Waals surface area contributed by atoms with E-state index in [4.69, 9.17) is 0 Å². The molecule has 2 nitrogen and oxygen atoms in total. The molecule has 21 heavy (non-hydrogen) atoms. The molecule has 0 heterocycles. The molecule has 1 fully saturated rings. The predicted octanol–water partition coefficient (Wildman–Crippen LogP) is 4.07. The molecule has 0 aromatic carbocycles. The van der Waals surface area contributed by atoms with Crippen LogP contribution in [0.15, 0.2) is 0 Å².